The van der Waals surface area contributed by atoms with Gasteiger partial charge in [-0.1, -0.05) is 18.1 Å². The predicted octanol–water partition coefficient (Wildman–Crippen LogP) is 4.39. The summed E-state index contributed by atoms with van der Waals surface area (Å²) in [5, 5.41) is 0. The lowest BCUT2D eigenvalue weighted by Gasteiger charge is -2.14. The van der Waals surface area contributed by atoms with E-state index in [2.05, 4.69) is 0 Å². The van der Waals surface area contributed by atoms with Crippen molar-refractivity contribution in [1.29, 1.82) is 0 Å². The summed E-state index contributed by atoms with van der Waals surface area (Å²) >= 11 is 0. The molecule has 1 aromatic rings. The molecule has 0 N–H and O–H groups in total. The Kier molecular flexibility index (Phi) is 4.41. The highest BCUT2D eigenvalue weighted by molar-refractivity contribution is 6.08. The number of carbonyl (C=O) groups excluding carboxylic acids is 1. The molecule has 0 spiro atoms. The summed E-state index contributed by atoms with van der Waals surface area (Å²) < 4.78 is 5.37. The van der Waals surface area contributed by atoms with Gasteiger partial charge >= 0.3 is 0 Å². The first-order valence-corrected chi connectivity index (χ1v) is 7.01. The van der Waals surface area contributed by atoms with E-state index in [1.165, 1.54) is 24.8 Å². The quantitative estimate of drug-likeness (QED) is 0.594. The minimum absolute atomic E-state index is 0.0891. The first-order valence-electron chi connectivity index (χ1n) is 7.01. The van der Waals surface area contributed by atoms with Crippen LogP contribution in [0.5, 0.6) is 5.75 Å². The Bertz CT molecular complexity index is 504. The summed E-state index contributed by atoms with van der Waals surface area (Å²) in [7, 11) is 1.62. The van der Waals surface area contributed by atoms with E-state index in [9.17, 15) is 4.79 Å². The highest BCUT2D eigenvalue weighted by Gasteiger charge is 2.15. The van der Waals surface area contributed by atoms with Gasteiger partial charge in [0, 0.05) is 0 Å². The van der Waals surface area contributed by atoms with Crippen molar-refractivity contribution in [2.24, 2.45) is 0 Å². The average molecular weight is 258 g/mol. The fourth-order valence-corrected chi connectivity index (χ4v) is 2.81. The molecular formula is C17H22O2. The van der Waals surface area contributed by atoms with E-state index < -0.39 is 0 Å². The van der Waals surface area contributed by atoms with Gasteiger partial charge in [-0.3, -0.25) is 4.79 Å². The number of hydrogen-bond acceptors (Lipinski definition) is 2. The molecule has 1 aliphatic carbocycles. The minimum atomic E-state index is 0.0891. The normalized spacial score (nSPS) is 15.2. The van der Waals surface area contributed by atoms with Crippen LogP contribution >= 0.6 is 0 Å². The zero-order chi connectivity index (χ0) is 13.8. The zero-order valence-electron chi connectivity index (χ0n) is 12.1. The Morgan fingerprint density at radius 3 is 2.47 bits per heavy atom. The molecule has 19 heavy (non-hydrogen) atoms. The minimum Gasteiger partial charge on any atom is -0.496 e. The largest absolute Gasteiger partial charge is 0.496 e. The predicted molar refractivity (Wildman–Crippen MR) is 78.0 cm³/mol. The topological polar surface area (TPSA) is 26.3 Å². The number of rotatable bonds is 3. The standard InChI is InChI=1S/C17H22O2/c1-12-9-13(2)17(16(10-12)19-3)15(18)11-14-7-5-4-6-8-14/h9-11H,4-8H2,1-3H3. The van der Waals surface area contributed by atoms with Crippen LogP contribution in [-0.4, -0.2) is 12.9 Å². The van der Waals surface area contributed by atoms with Crippen LogP contribution in [0.2, 0.25) is 0 Å². The van der Waals surface area contributed by atoms with Gasteiger partial charge in [-0.15, -0.1) is 0 Å². The third-order valence-electron chi connectivity index (χ3n) is 3.74. The molecule has 0 radical (unpaired) electrons. The number of ether oxygens (including phenoxy) is 1. The van der Waals surface area contributed by atoms with E-state index in [0.717, 1.165) is 24.0 Å². The molecule has 1 aliphatic rings. The molecule has 2 rings (SSSR count). The molecule has 2 nitrogen and oxygen atoms in total. The Balaban J connectivity index is 2.33. The van der Waals surface area contributed by atoms with Crippen LogP contribution in [0.1, 0.15) is 53.6 Å². The number of allylic oxidation sites excluding steroid dienone is 2. The van der Waals surface area contributed by atoms with Gasteiger partial charge in [-0.25, -0.2) is 0 Å². The monoisotopic (exact) mass is 258 g/mol. The third kappa shape index (κ3) is 3.25. The van der Waals surface area contributed by atoms with Crippen molar-refractivity contribution >= 4 is 5.78 Å². The van der Waals surface area contributed by atoms with Crippen molar-refractivity contribution in [3.05, 3.63) is 40.5 Å². The Hall–Kier alpha value is -1.57. The van der Waals surface area contributed by atoms with E-state index in [4.69, 9.17) is 4.74 Å². The number of aryl methyl sites for hydroxylation is 2. The smallest absolute Gasteiger partial charge is 0.189 e. The summed E-state index contributed by atoms with van der Waals surface area (Å²) in [6.07, 6.45) is 7.68. The number of benzene rings is 1. The first kappa shape index (κ1) is 13.9. The van der Waals surface area contributed by atoms with Crippen LogP contribution < -0.4 is 4.74 Å². The summed E-state index contributed by atoms with van der Waals surface area (Å²) in [6.45, 7) is 3.99. The second kappa shape index (κ2) is 6.05. The lowest BCUT2D eigenvalue weighted by atomic mass is 9.92. The van der Waals surface area contributed by atoms with Crippen molar-refractivity contribution in [3.8, 4) is 5.75 Å². The van der Waals surface area contributed by atoms with E-state index in [-0.39, 0.29) is 5.78 Å². The third-order valence-corrected chi connectivity index (χ3v) is 3.74. The number of carbonyl (C=O) groups is 1. The Morgan fingerprint density at radius 1 is 1.16 bits per heavy atom. The number of hydrogen-bond donors (Lipinski definition) is 0. The van der Waals surface area contributed by atoms with Gasteiger partial charge in [0.15, 0.2) is 5.78 Å². The van der Waals surface area contributed by atoms with E-state index in [1.807, 2.05) is 32.1 Å². The SMILES string of the molecule is COc1cc(C)cc(C)c1C(=O)C=C1CCCCC1. The van der Waals surface area contributed by atoms with Gasteiger partial charge in [-0.2, -0.15) is 0 Å². The maximum atomic E-state index is 12.5. The zero-order valence-corrected chi connectivity index (χ0v) is 12.1. The first-order chi connectivity index (χ1) is 9.11. The molecular weight excluding hydrogens is 236 g/mol. The fraction of sp³-hybridized carbons (Fsp3) is 0.471. The molecule has 0 heterocycles. The molecule has 0 bridgehead atoms. The van der Waals surface area contributed by atoms with E-state index in [1.54, 1.807) is 7.11 Å². The molecule has 1 aromatic carbocycles. The van der Waals surface area contributed by atoms with Gasteiger partial charge in [0.05, 0.1) is 12.7 Å². The second-order valence-electron chi connectivity index (χ2n) is 5.39. The summed E-state index contributed by atoms with van der Waals surface area (Å²) in [4.78, 5) is 12.5. The van der Waals surface area contributed by atoms with Crippen molar-refractivity contribution in [3.63, 3.8) is 0 Å². The molecule has 1 fully saturated rings. The van der Waals surface area contributed by atoms with Crippen LogP contribution in [-0.2, 0) is 0 Å². The van der Waals surface area contributed by atoms with Crippen LogP contribution in [0.3, 0.4) is 0 Å². The molecule has 0 saturated heterocycles. The lowest BCUT2D eigenvalue weighted by Crippen LogP contribution is -2.05. The Labute approximate surface area is 115 Å². The van der Waals surface area contributed by atoms with Crippen LogP contribution in [0.25, 0.3) is 0 Å². The summed E-state index contributed by atoms with van der Waals surface area (Å²) in [6, 6.07) is 3.97. The molecule has 0 aliphatic heterocycles. The van der Waals surface area contributed by atoms with Gasteiger partial charge < -0.3 is 4.74 Å². The Morgan fingerprint density at radius 2 is 1.84 bits per heavy atom. The molecule has 102 valence electrons. The van der Waals surface area contributed by atoms with E-state index in [0.29, 0.717) is 11.3 Å². The van der Waals surface area contributed by atoms with Gasteiger partial charge in [-0.05, 0) is 62.8 Å². The molecule has 2 heteroatoms. The summed E-state index contributed by atoms with van der Waals surface area (Å²) in [5.41, 5.74) is 4.12. The maximum absolute atomic E-state index is 12.5. The summed E-state index contributed by atoms with van der Waals surface area (Å²) in [5.74, 6) is 0.779. The highest BCUT2D eigenvalue weighted by Crippen LogP contribution is 2.28. The van der Waals surface area contributed by atoms with Crippen molar-refractivity contribution in [2.75, 3.05) is 7.11 Å². The molecule has 0 atom stereocenters. The van der Waals surface area contributed by atoms with Crippen LogP contribution in [0, 0.1) is 13.8 Å². The van der Waals surface area contributed by atoms with Crippen LogP contribution in [0.4, 0.5) is 0 Å². The molecule has 1 saturated carbocycles. The molecule has 0 amide bonds. The van der Waals surface area contributed by atoms with Crippen molar-refractivity contribution < 1.29 is 9.53 Å². The van der Waals surface area contributed by atoms with Gasteiger partial charge in [0.1, 0.15) is 5.75 Å². The van der Waals surface area contributed by atoms with Crippen molar-refractivity contribution in [1.82, 2.24) is 0 Å². The van der Waals surface area contributed by atoms with Gasteiger partial charge in [0.2, 0.25) is 0 Å². The molecule has 0 aromatic heterocycles. The van der Waals surface area contributed by atoms with Crippen molar-refractivity contribution in [2.45, 2.75) is 46.0 Å². The average Bonchev–Trinajstić information content (AvgIpc) is 2.38. The van der Waals surface area contributed by atoms with Gasteiger partial charge in [0.25, 0.3) is 0 Å². The lowest BCUT2D eigenvalue weighted by molar-refractivity contribution is 0.104. The van der Waals surface area contributed by atoms with Crippen LogP contribution in [0.15, 0.2) is 23.8 Å². The highest BCUT2D eigenvalue weighted by atomic mass is 16.5. The molecule has 0 unspecified atom stereocenters. The fourth-order valence-electron chi connectivity index (χ4n) is 2.81. The van der Waals surface area contributed by atoms with E-state index >= 15 is 0 Å². The number of methoxy groups -OCH3 is 1. The number of ketones is 1. The second-order valence-corrected chi connectivity index (χ2v) is 5.39. The maximum Gasteiger partial charge on any atom is 0.189 e.